The highest BCUT2D eigenvalue weighted by molar-refractivity contribution is 6.33. The van der Waals surface area contributed by atoms with Crippen molar-refractivity contribution in [2.45, 2.75) is 19.0 Å². The number of hydrogen-bond acceptors (Lipinski definition) is 3. The number of carbonyl (C=O) groups excluding carboxylic acids is 2. The molecule has 6 heteroatoms. The summed E-state index contributed by atoms with van der Waals surface area (Å²) >= 11 is 5.96. The molecule has 0 fully saturated rings. The molecule has 2 rings (SSSR count). The molecule has 0 aliphatic rings. The van der Waals surface area contributed by atoms with Crippen LogP contribution in [0.5, 0.6) is 0 Å². The summed E-state index contributed by atoms with van der Waals surface area (Å²) < 4.78 is 0. The van der Waals surface area contributed by atoms with E-state index in [0.717, 1.165) is 5.56 Å². The number of quaternary nitrogens is 1. The minimum absolute atomic E-state index is 0.194. The molecule has 120 valence electrons. The number of carboxylic acid groups (broad SMARTS) is 1. The number of nitrogens with two attached hydrogens (primary N) is 1. The lowest BCUT2D eigenvalue weighted by atomic mass is 10.1. The number of carbonyl (C=O) groups is 2. The van der Waals surface area contributed by atoms with E-state index in [0.29, 0.717) is 17.3 Å². The zero-order valence-corrected chi connectivity index (χ0v) is 13.1. The summed E-state index contributed by atoms with van der Waals surface area (Å²) in [6, 6.07) is 15.3. The van der Waals surface area contributed by atoms with Gasteiger partial charge in [0.05, 0.1) is 23.1 Å². The molecular formula is C17H17ClN2O3. The summed E-state index contributed by atoms with van der Waals surface area (Å²) in [5, 5.41) is 15.8. The van der Waals surface area contributed by atoms with Gasteiger partial charge >= 0.3 is 0 Å². The molecule has 1 amide bonds. The van der Waals surface area contributed by atoms with Crippen LogP contribution in [0.2, 0.25) is 5.02 Å². The molecule has 23 heavy (non-hydrogen) atoms. The van der Waals surface area contributed by atoms with Gasteiger partial charge in [0.25, 0.3) is 0 Å². The number of amides is 1. The SMILES string of the molecule is O=C(CC([NH2+]Cc1ccccc1)C(=O)[O-])Nc1ccccc1Cl. The van der Waals surface area contributed by atoms with Gasteiger partial charge in [0.1, 0.15) is 12.6 Å². The number of hydrogen-bond donors (Lipinski definition) is 2. The molecule has 0 saturated carbocycles. The Kier molecular flexibility index (Phi) is 6.14. The zero-order valence-electron chi connectivity index (χ0n) is 12.4. The van der Waals surface area contributed by atoms with Crippen LogP contribution in [0.25, 0.3) is 0 Å². The predicted molar refractivity (Wildman–Crippen MR) is 85.6 cm³/mol. The van der Waals surface area contributed by atoms with Crippen molar-refractivity contribution in [1.29, 1.82) is 0 Å². The van der Waals surface area contributed by atoms with Crippen LogP contribution in [-0.4, -0.2) is 17.9 Å². The fourth-order valence-corrected chi connectivity index (χ4v) is 2.30. The maximum Gasteiger partial charge on any atom is 0.230 e. The van der Waals surface area contributed by atoms with E-state index in [2.05, 4.69) is 5.32 Å². The first kappa shape index (κ1) is 17.0. The van der Waals surface area contributed by atoms with Crippen LogP contribution in [0, 0.1) is 0 Å². The van der Waals surface area contributed by atoms with Gasteiger partial charge in [-0.2, -0.15) is 0 Å². The van der Waals surface area contributed by atoms with E-state index in [4.69, 9.17) is 11.6 Å². The summed E-state index contributed by atoms with van der Waals surface area (Å²) in [6.45, 7) is 0.457. The first-order valence-corrected chi connectivity index (χ1v) is 7.56. The molecule has 2 aromatic carbocycles. The van der Waals surface area contributed by atoms with Crippen LogP contribution >= 0.6 is 11.6 Å². The fourth-order valence-electron chi connectivity index (χ4n) is 2.12. The van der Waals surface area contributed by atoms with E-state index in [1.54, 1.807) is 29.6 Å². The van der Waals surface area contributed by atoms with E-state index in [1.807, 2.05) is 30.3 Å². The van der Waals surface area contributed by atoms with Crippen LogP contribution in [-0.2, 0) is 16.1 Å². The number of nitrogens with one attached hydrogen (secondary N) is 1. The Morgan fingerprint density at radius 2 is 1.74 bits per heavy atom. The van der Waals surface area contributed by atoms with E-state index in [-0.39, 0.29) is 6.42 Å². The van der Waals surface area contributed by atoms with Crippen molar-refractivity contribution in [3.05, 3.63) is 65.2 Å². The van der Waals surface area contributed by atoms with Gasteiger partial charge in [-0.1, -0.05) is 54.1 Å². The maximum absolute atomic E-state index is 12.0. The molecule has 1 unspecified atom stereocenters. The van der Waals surface area contributed by atoms with E-state index < -0.39 is 17.9 Å². The van der Waals surface area contributed by atoms with Gasteiger partial charge in [-0.15, -0.1) is 0 Å². The molecule has 0 saturated heterocycles. The summed E-state index contributed by atoms with van der Waals surface area (Å²) in [4.78, 5) is 23.2. The lowest BCUT2D eigenvalue weighted by Gasteiger charge is -2.16. The van der Waals surface area contributed by atoms with Crippen LogP contribution in [0.4, 0.5) is 5.69 Å². The molecule has 0 spiro atoms. The lowest BCUT2D eigenvalue weighted by molar-refractivity contribution is -0.697. The standard InChI is InChI=1S/C17H17ClN2O3/c18-13-8-4-5-9-14(13)20-16(21)10-15(17(22)23)19-11-12-6-2-1-3-7-12/h1-9,15,19H,10-11H2,(H,20,21)(H,22,23). The maximum atomic E-state index is 12.0. The number of benzene rings is 2. The summed E-state index contributed by atoms with van der Waals surface area (Å²) in [5.74, 6) is -1.69. The van der Waals surface area contributed by atoms with E-state index >= 15 is 0 Å². The summed E-state index contributed by atoms with van der Waals surface area (Å²) in [5.41, 5.74) is 1.43. The molecule has 2 aromatic rings. The second-order valence-electron chi connectivity index (χ2n) is 5.08. The van der Waals surface area contributed by atoms with Gasteiger partial charge in [0, 0.05) is 5.56 Å². The molecule has 0 aliphatic heterocycles. The Balaban J connectivity index is 1.92. The number of rotatable bonds is 7. The van der Waals surface area contributed by atoms with E-state index in [9.17, 15) is 14.7 Å². The van der Waals surface area contributed by atoms with Crippen molar-refractivity contribution < 1.29 is 20.0 Å². The number of aliphatic carboxylic acids is 1. The van der Waals surface area contributed by atoms with Gasteiger partial charge in [-0.05, 0) is 12.1 Å². The predicted octanol–water partition coefficient (Wildman–Crippen LogP) is 0.551. The highest BCUT2D eigenvalue weighted by Gasteiger charge is 2.18. The number of carboxylic acids is 1. The summed E-state index contributed by atoms with van der Waals surface area (Å²) in [7, 11) is 0. The smallest absolute Gasteiger partial charge is 0.230 e. The Labute approximate surface area is 139 Å². The van der Waals surface area contributed by atoms with Crippen molar-refractivity contribution in [3.8, 4) is 0 Å². The van der Waals surface area contributed by atoms with Crippen molar-refractivity contribution >= 4 is 29.2 Å². The summed E-state index contributed by atoms with van der Waals surface area (Å²) in [6.07, 6.45) is -0.194. The molecule has 0 bridgehead atoms. The van der Waals surface area contributed by atoms with Gasteiger partial charge in [0.2, 0.25) is 5.91 Å². The third kappa shape index (κ3) is 5.39. The topological polar surface area (TPSA) is 85.8 Å². The highest BCUT2D eigenvalue weighted by atomic mass is 35.5. The fraction of sp³-hybridized carbons (Fsp3) is 0.176. The Morgan fingerprint density at radius 3 is 2.39 bits per heavy atom. The largest absolute Gasteiger partial charge is 0.544 e. The van der Waals surface area contributed by atoms with Crippen LogP contribution < -0.4 is 15.7 Å². The Hall–Kier alpha value is -2.37. The van der Waals surface area contributed by atoms with Crippen molar-refractivity contribution in [2.75, 3.05) is 5.32 Å². The second kappa shape index (κ2) is 8.31. The first-order valence-electron chi connectivity index (χ1n) is 7.19. The number of anilines is 1. The minimum Gasteiger partial charge on any atom is -0.544 e. The average molecular weight is 333 g/mol. The molecular weight excluding hydrogens is 316 g/mol. The average Bonchev–Trinajstić information content (AvgIpc) is 2.54. The van der Waals surface area contributed by atoms with Crippen molar-refractivity contribution in [3.63, 3.8) is 0 Å². The quantitative estimate of drug-likeness (QED) is 0.776. The highest BCUT2D eigenvalue weighted by Crippen LogP contribution is 2.20. The van der Waals surface area contributed by atoms with Crippen LogP contribution in [0.15, 0.2) is 54.6 Å². The number of halogens is 1. The van der Waals surface area contributed by atoms with Gasteiger partial charge in [0.15, 0.2) is 0 Å². The molecule has 1 atom stereocenters. The molecule has 0 radical (unpaired) electrons. The monoisotopic (exact) mass is 332 g/mol. The minimum atomic E-state index is -1.27. The first-order chi connectivity index (χ1) is 11.1. The van der Waals surface area contributed by atoms with Gasteiger partial charge in [-0.25, -0.2) is 0 Å². The van der Waals surface area contributed by atoms with Crippen LogP contribution in [0.3, 0.4) is 0 Å². The lowest BCUT2D eigenvalue weighted by Crippen LogP contribution is -2.92. The molecule has 3 N–H and O–H groups in total. The van der Waals surface area contributed by atoms with Crippen molar-refractivity contribution in [1.82, 2.24) is 0 Å². The Bertz CT molecular complexity index is 677. The zero-order chi connectivity index (χ0) is 16.7. The molecule has 0 aromatic heterocycles. The number of para-hydroxylation sites is 1. The molecule has 5 nitrogen and oxygen atoms in total. The third-order valence-corrected chi connectivity index (χ3v) is 3.67. The van der Waals surface area contributed by atoms with Gasteiger partial charge in [-0.3, -0.25) is 4.79 Å². The van der Waals surface area contributed by atoms with E-state index in [1.165, 1.54) is 0 Å². The molecule has 0 heterocycles. The molecule has 0 aliphatic carbocycles. The van der Waals surface area contributed by atoms with Crippen molar-refractivity contribution in [2.24, 2.45) is 0 Å². The second-order valence-corrected chi connectivity index (χ2v) is 5.49. The van der Waals surface area contributed by atoms with Crippen LogP contribution in [0.1, 0.15) is 12.0 Å². The third-order valence-electron chi connectivity index (χ3n) is 3.34. The normalized spacial score (nSPS) is 11.7. The Morgan fingerprint density at radius 1 is 1.09 bits per heavy atom. The van der Waals surface area contributed by atoms with Gasteiger partial charge < -0.3 is 20.5 Å².